The van der Waals surface area contributed by atoms with Gasteiger partial charge in [0.1, 0.15) is 17.4 Å². The van der Waals surface area contributed by atoms with Crippen LogP contribution in [0.25, 0.3) is 10.9 Å². The van der Waals surface area contributed by atoms with Crippen molar-refractivity contribution in [2.75, 3.05) is 13.2 Å². The van der Waals surface area contributed by atoms with E-state index in [1.54, 1.807) is 30.3 Å². The number of carbonyl (C=O) groups is 3. The smallest absolute Gasteiger partial charge is 0.322 e. The molecular formula is C28H34ClFN4O6. The topological polar surface area (TPSA) is 178 Å². The van der Waals surface area contributed by atoms with E-state index in [9.17, 15) is 18.8 Å². The number of carboxylic acids is 1. The first kappa shape index (κ1) is 32.4. The predicted octanol–water partition coefficient (Wildman–Crippen LogP) is 3.27. The zero-order valence-corrected chi connectivity index (χ0v) is 22.9. The molecule has 40 heavy (non-hydrogen) atoms. The summed E-state index contributed by atoms with van der Waals surface area (Å²) in [6.45, 7) is 1.95. The number of hydrogen-bond acceptors (Lipinski definition) is 7. The molecule has 0 aliphatic heterocycles. The molecule has 3 rings (SSSR count). The number of unbranched alkanes of at least 4 members (excludes halogenated alkanes) is 1. The summed E-state index contributed by atoms with van der Waals surface area (Å²) in [5, 5.41) is 10.8. The van der Waals surface area contributed by atoms with Crippen molar-refractivity contribution in [2.45, 2.75) is 51.6 Å². The van der Waals surface area contributed by atoms with Crippen LogP contribution in [0.3, 0.4) is 0 Å². The number of nitrogens with two attached hydrogens (primary N) is 2. The molecule has 3 aromatic rings. The summed E-state index contributed by atoms with van der Waals surface area (Å²) in [5.41, 5.74) is 11.9. The van der Waals surface area contributed by atoms with Crippen LogP contribution in [0.4, 0.5) is 4.39 Å². The Kier molecular flexibility index (Phi) is 13.2. The quantitative estimate of drug-likeness (QED) is 0.161. The van der Waals surface area contributed by atoms with Crippen molar-refractivity contribution >= 4 is 40.3 Å². The van der Waals surface area contributed by atoms with Gasteiger partial charge in [-0.3, -0.25) is 19.2 Å². The van der Waals surface area contributed by atoms with Crippen molar-refractivity contribution in [3.63, 3.8) is 0 Å². The third-order valence-corrected chi connectivity index (χ3v) is 5.99. The fourth-order valence-corrected chi connectivity index (χ4v) is 3.84. The van der Waals surface area contributed by atoms with Crippen molar-refractivity contribution in [3.8, 4) is 0 Å². The van der Waals surface area contributed by atoms with Crippen LogP contribution in [-0.2, 0) is 27.3 Å². The Morgan fingerprint density at radius 1 is 1.12 bits per heavy atom. The molecule has 1 amide bonds. The molecule has 1 aromatic heterocycles. The van der Waals surface area contributed by atoms with Gasteiger partial charge in [0.2, 0.25) is 5.43 Å². The van der Waals surface area contributed by atoms with E-state index >= 15 is 0 Å². The Morgan fingerprint density at radius 2 is 1.80 bits per heavy atom. The van der Waals surface area contributed by atoms with Gasteiger partial charge in [-0.05, 0) is 67.6 Å². The molecule has 12 heteroatoms. The van der Waals surface area contributed by atoms with Crippen molar-refractivity contribution in [1.29, 1.82) is 0 Å². The lowest BCUT2D eigenvalue weighted by Crippen LogP contribution is -2.32. The number of esters is 1. The highest BCUT2D eigenvalue weighted by Crippen LogP contribution is 2.18. The number of ether oxygens (including phenoxy) is 1. The Balaban J connectivity index is 0.00000131. The van der Waals surface area contributed by atoms with E-state index in [-0.39, 0.29) is 29.6 Å². The Bertz CT molecular complexity index is 1360. The van der Waals surface area contributed by atoms with Gasteiger partial charge in [0, 0.05) is 30.1 Å². The fraction of sp³-hybridized carbons (Fsp3) is 0.357. The fourth-order valence-electron chi connectivity index (χ4n) is 3.72. The van der Waals surface area contributed by atoms with Crippen molar-refractivity contribution < 1.29 is 28.6 Å². The van der Waals surface area contributed by atoms with Gasteiger partial charge in [-0.2, -0.15) is 0 Å². The summed E-state index contributed by atoms with van der Waals surface area (Å²) in [7, 11) is 0. The predicted molar refractivity (Wildman–Crippen MR) is 151 cm³/mol. The van der Waals surface area contributed by atoms with Gasteiger partial charge in [0.15, 0.2) is 0 Å². The van der Waals surface area contributed by atoms with Crippen molar-refractivity contribution in [3.05, 3.63) is 80.3 Å². The number of carbonyl (C=O) groups excluding carboxylic acids is 2. The molecule has 216 valence electrons. The summed E-state index contributed by atoms with van der Waals surface area (Å²) >= 11 is 5.87. The third-order valence-electron chi connectivity index (χ3n) is 5.74. The molecule has 2 aromatic carbocycles. The molecule has 0 aliphatic carbocycles. The summed E-state index contributed by atoms with van der Waals surface area (Å²) in [4.78, 5) is 49.3. The average molecular weight is 577 g/mol. The number of fused-ring (bicyclic) bond motifs is 1. The SMILES string of the molecule is CC(=O)O.NCCCCC(N)C(=O)OCCCc1cc(F)c2[nH]cc(C(=O)NCc3ccc(Cl)cc3)c(=O)c2c1. The van der Waals surface area contributed by atoms with Gasteiger partial charge in [-0.25, -0.2) is 4.39 Å². The minimum Gasteiger partial charge on any atom is -0.481 e. The summed E-state index contributed by atoms with van der Waals surface area (Å²) in [5.74, 6) is -2.50. The number of carboxylic acid groups (broad SMARTS) is 1. The first-order chi connectivity index (χ1) is 19.0. The van der Waals surface area contributed by atoms with Gasteiger partial charge in [0.25, 0.3) is 11.9 Å². The van der Waals surface area contributed by atoms with Gasteiger partial charge in [0.05, 0.1) is 12.1 Å². The number of pyridine rings is 1. The zero-order chi connectivity index (χ0) is 29.7. The van der Waals surface area contributed by atoms with Crippen molar-refractivity contribution in [2.24, 2.45) is 11.5 Å². The van der Waals surface area contributed by atoms with E-state index in [0.29, 0.717) is 36.4 Å². The largest absolute Gasteiger partial charge is 0.481 e. The zero-order valence-electron chi connectivity index (χ0n) is 22.2. The minimum absolute atomic E-state index is 0.0212. The van der Waals surface area contributed by atoms with Gasteiger partial charge >= 0.3 is 5.97 Å². The van der Waals surface area contributed by atoms with Crippen LogP contribution in [0.15, 0.2) is 47.4 Å². The molecule has 1 atom stereocenters. The number of amides is 1. The standard InChI is InChI=1S/C26H30ClFN4O4.C2H4O2/c27-18-8-6-16(7-9-18)14-32-25(34)20-15-31-23-19(24(20)33)12-17(13-21(23)28)4-3-11-36-26(35)22(30)5-1-2-10-29;1-2(3)4/h6-9,12-13,15,22H,1-5,10-11,14,29-30H2,(H,31,33)(H,32,34);1H3,(H,3,4). The number of halogens is 2. The number of H-pyrrole nitrogens is 1. The molecule has 0 spiro atoms. The van der Waals surface area contributed by atoms with Crippen molar-refractivity contribution in [1.82, 2.24) is 10.3 Å². The monoisotopic (exact) mass is 576 g/mol. The molecule has 0 fully saturated rings. The Labute approximate surface area is 235 Å². The summed E-state index contributed by atoms with van der Waals surface area (Å²) < 4.78 is 19.9. The highest BCUT2D eigenvalue weighted by Gasteiger charge is 2.17. The number of aliphatic carboxylic acids is 1. The number of nitrogens with one attached hydrogen (secondary N) is 2. The second-order valence-corrected chi connectivity index (χ2v) is 9.46. The maximum absolute atomic E-state index is 14.7. The van der Waals surface area contributed by atoms with Gasteiger partial charge in [-0.1, -0.05) is 30.2 Å². The molecule has 10 nitrogen and oxygen atoms in total. The van der Waals surface area contributed by atoms with Crippen LogP contribution in [0.2, 0.25) is 5.02 Å². The second-order valence-electron chi connectivity index (χ2n) is 9.02. The first-order valence-corrected chi connectivity index (χ1v) is 13.1. The molecule has 0 saturated carbocycles. The molecule has 0 bridgehead atoms. The number of hydrogen-bond donors (Lipinski definition) is 5. The van der Waals surface area contributed by atoms with E-state index in [1.807, 2.05) is 0 Å². The normalized spacial score (nSPS) is 11.3. The maximum atomic E-state index is 14.7. The highest BCUT2D eigenvalue weighted by atomic mass is 35.5. The number of benzene rings is 2. The van der Waals surface area contributed by atoms with Crippen LogP contribution < -0.4 is 22.2 Å². The minimum atomic E-state index is -0.833. The third kappa shape index (κ3) is 10.4. The average Bonchev–Trinajstić information content (AvgIpc) is 2.91. The molecular weight excluding hydrogens is 543 g/mol. The molecule has 7 N–H and O–H groups in total. The lowest BCUT2D eigenvalue weighted by atomic mass is 10.0. The highest BCUT2D eigenvalue weighted by molar-refractivity contribution is 6.30. The number of aryl methyl sites for hydroxylation is 1. The lowest BCUT2D eigenvalue weighted by molar-refractivity contribution is -0.145. The molecule has 1 heterocycles. The van der Waals surface area contributed by atoms with Crippen LogP contribution in [0.1, 0.15) is 54.1 Å². The Morgan fingerprint density at radius 3 is 2.45 bits per heavy atom. The number of aromatic amines is 1. The summed E-state index contributed by atoms with van der Waals surface area (Å²) in [6, 6.07) is 9.11. The van der Waals surface area contributed by atoms with Crippen LogP contribution in [0, 0.1) is 5.82 Å². The van der Waals surface area contributed by atoms with E-state index in [2.05, 4.69) is 10.3 Å². The molecule has 1 unspecified atom stereocenters. The van der Waals surface area contributed by atoms with Gasteiger partial charge in [-0.15, -0.1) is 0 Å². The first-order valence-electron chi connectivity index (χ1n) is 12.7. The molecule has 0 radical (unpaired) electrons. The van der Waals surface area contributed by atoms with Gasteiger partial charge < -0.3 is 31.6 Å². The molecule has 0 saturated heterocycles. The second kappa shape index (κ2) is 16.3. The Hall–Kier alpha value is -3.80. The number of aromatic nitrogens is 1. The maximum Gasteiger partial charge on any atom is 0.322 e. The number of rotatable bonds is 12. The van der Waals surface area contributed by atoms with E-state index in [0.717, 1.165) is 25.3 Å². The summed E-state index contributed by atoms with van der Waals surface area (Å²) in [6.07, 6.45) is 4.05. The van der Waals surface area contributed by atoms with Crippen LogP contribution in [0.5, 0.6) is 0 Å². The van der Waals surface area contributed by atoms with Crippen LogP contribution in [-0.4, -0.2) is 47.1 Å². The lowest BCUT2D eigenvalue weighted by Gasteiger charge is -2.11. The van der Waals surface area contributed by atoms with E-state index < -0.39 is 35.1 Å². The van der Waals surface area contributed by atoms with E-state index in [4.69, 9.17) is 37.7 Å². The van der Waals surface area contributed by atoms with E-state index in [1.165, 1.54) is 12.3 Å². The van der Waals surface area contributed by atoms with Crippen LogP contribution >= 0.6 is 11.6 Å². The molecule has 0 aliphatic rings.